The van der Waals surface area contributed by atoms with Crippen molar-refractivity contribution < 1.29 is 21.7 Å². The minimum Gasteiger partial charge on any atom is -0.310 e. The molecule has 0 saturated heterocycles. The Balaban J connectivity index is 0.00000400. The maximum absolute atomic E-state index is 2.51. The van der Waals surface area contributed by atoms with E-state index in [-0.39, 0.29) is 21.7 Å². The molecule has 0 N–H and O–H groups in total. The molecule has 0 bridgehead atoms. The summed E-state index contributed by atoms with van der Waals surface area (Å²) in [4.78, 5) is 2.29. The van der Waals surface area contributed by atoms with Gasteiger partial charge in [-0.25, -0.2) is 6.07 Å². The molecule has 0 aliphatic carbocycles. The van der Waals surface area contributed by atoms with Crippen LogP contribution in [0.1, 0.15) is 81.9 Å². The normalized spacial score (nSPS) is 14.0. The van der Waals surface area contributed by atoms with Crippen molar-refractivity contribution >= 4 is 0 Å². The Labute approximate surface area is 147 Å². The first-order valence-electron chi connectivity index (χ1n) is 8.43. The van der Waals surface area contributed by atoms with Gasteiger partial charge in [-0.3, -0.25) is 0 Å². The molecule has 0 aliphatic heterocycles. The molecule has 2 atom stereocenters. The first-order chi connectivity index (χ1) is 9.49. The van der Waals surface area contributed by atoms with Gasteiger partial charge in [0.05, 0.1) is 0 Å². The van der Waals surface area contributed by atoms with Crippen LogP contribution in [0.15, 0.2) is 12.1 Å². The molecule has 0 heterocycles. The Morgan fingerprint density at radius 2 is 1.62 bits per heavy atom. The van der Waals surface area contributed by atoms with E-state index in [9.17, 15) is 0 Å². The van der Waals surface area contributed by atoms with Gasteiger partial charge >= 0.3 is 0 Å². The van der Waals surface area contributed by atoms with Crippen molar-refractivity contribution in [3.8, 4) is 0 Å². The fourth-order valence-electron chi connectivity index (χ4n) is 3.09. The average molecular weight is 324 g/mol. The summed E-state index contributed by atoms with van der Waals surface area (Å²) in [7, 11) is 4.33. The quantitative estimate of drug-likeness (QED) is 0.439. The summed E-state index contributed by atoms with van der Waals surface area (Å²) in [6, 6.07) is 5.00. The predicted octanol–water partition coefficient (Wildman–Crippen LogP) is 5.31. The SMILES string of the molecule is CCCC(C)c1cc(C(C)CCC)[c-](CCN(C)C)c1.[Ti]. The third-order valence-electron chi connectivity index (χ3n) is 4.41. The maximum atomic E-state index is 2.51. The maximum Gasteiger partial charge on any atom is 0 e. The molecule has 1 aromatic rings. The molecular formula is C19H34NTi-. The minimum absolute atomic E-state index is 0. The van der Waals surface area contributed by atoms with E-state index in [1.54, 1.807) is 16.7 Å². The van der Waals surface area contributed by atoms with Crippen LogP contribution < -0.4 is 0 Å². The van der Waals surface area contributed by atoms with Gasteiger partial charge in [-0.05, 0) is 33.0 Å². The number of rotatable bonds is 9. The number of nitrogens with zero attached hydrogens (tertiary/aromatic N) is 1. The number of likely N-dealkylation sites (N-methyl/N-ethyl adjacent to an activating group) is 1. The fraction of sp³-hybridized carbons (Fsp3) is 0.737. The minimum atomic E-state index is 0. The van der Waals surface area contributed by atoms with Crippen LogP contribution >= 0.6 is 0 Å². The molecule has 2 heteroatoms. The van der Waals surface area contributed by atoms with E-state index < -0.39 is 0 Å². The van der Waals surface area contributed by atoms with Crippen molar-refractivity contribution in [3.05, 3.63) is 28.8 Å². The summed E-state index contributed by atoms with van der Waals surface area (Å²) in [5, 5.41) is 0. The monoisotopic (exact) mass is 324 g/mol. The molecule has 0 saturated carbocycles. The summed E-state index contributed by atoms with van der Waals surface area (Å²) >= 11 is 0. The predicted molar refractivity (Wildman–Crippen MR) is 90.9 cm³/mol. The molecule has 1 aromatic carbocycles. The smallest absolute Gasteiger partial charge is 0 e. The summed E-state index contributed by atoms with van der Waals surface area (Å²) in [5.74, 6) is 1.42. The third-order valence-corrected chi connectivity index (χ3v) is 4.41. The molecule has 0 fully saturated rings. The summed E-state index contributed by atoms with van der Waals surface area (Å²) < 4.78 is 0. The van der Waals surface area contributed by atoms with Crippen molar-refractivity contribution in [1.29, 1.82) is 0 Å². The third kappa shape index (κ3) is 6.76. The van der Waals surface area contributed by atoms with E-state index in [2.05, 4.69) is 58.8 Å². The molecule has 1 rings (SSSR count). The summed E-state index contributed by atoms with van der Waals surface area (Å²) in [6.45, 7) is 10.5. The van der Waals surface area contributed by atoms with Gasteiger partial charge in [0.2, 0.25) is 0 Å². The first-order valence-corrected chi connectivity index (χ1v) is 8.43. The average Bonchev–Trinajstić information content (AvgIpc) is 2.81. The second kappa shape index (κ2) is 10.7. The van der Waals surface area contributed by atoms with Gasteiger partial charge in [0, 0.05) is 21.7 Å². The zero-order valence-corrected chi connectivity index (χ0v) is 16.6. The van der Waals surface area contributed by atoms with Gasteiger partial charge in [-0.1, -0.05) is 59.3 Å². The molecule has 120 valence electrons. The molecule has 0 amide bonds. The van der Waals surface area contributed by atoms with Crippen LogP contribution in [0.2, 0.25) is 0 Å². The van der Waals surface area contributed by atoms with E-state index in [1.165, 1.54) is 32.1 Å². The van der Waals surface area contributed by atoms with Crippen LogP contribution in [0, 0.1) is 0 Å². The molecule has 0 aromatic heterocycles. The first kappa shape index (κ1) is 21.0. The number of hydrogen-bond donors (Lipinski definition) is 0. The topological polar surface area (TPSA) is 3.24 Å². The van der Waals surface area contributed by atoms with E-state index >= 15 is 0 Å². The molecule has 0 spiro atoms. The van der Waals surface area contributed by atoms with Gasteiger partial charge in [-0.15, -0.1) is 0 Å². The van der Waals surface area contributed by atoms with E-state index in [1.807, 2.05) is 0 Å². The largest absolute Gasteiger partial charge is 0.310 e. The second-order valence-electron chi connectivity index (χ2n) is 6.70. The molecule has 0 radical (unpaired) electrons. The van der Waals surface area contributed by atoms with Crippen LogP contribution in [0.3, 0.4) is 0 Å². The standard InChI is InChI=1S/C19H34N.Ti/c1-7-9-15(3)18-13-17(11-12-20(5)6)19(14-18)16(4)10-8-2;/h13-16H,7-12H2,1-6H3;/q-1;. The second-order valence-corrected chi connectivity index (χ2v) is 6.70. The molecular weight excluding hydrogens is 290 g/mol. The Morgan fingerprint density at radius 3 is 2.14 bits per heavy atom. The van der Waals surface area contributed by atoms with E-state index in [0.29, 0.717) is 11.8 Å². The van der Waals surface area contributed by atoms with Crippen LogP contribution in [-0.2, 0) is 28.1 Å². The van der Waals surface area contributed by atoms with Crippen LogP contribution in [0.4, 0.5) is 0 Å². The summed E-state index contributed by atoms with van der Waals surface area (Å²) in [6.07, 6.45) is 6.35. The van der Waals surface area contributed by atoms with Crippen molar-refractivity contribution in [1.82, 2.24) is 4.90 Å². The van der Waals surface area contributed by atoms with Gasteiger partial charge in [0.1, 0.15) is 0 Å². The zero-order valence-electron chi connectivity index (χ0n) is 15.0. The van der Waals surface area contributed by atoms with Gasteiger partial charge < -0.3 is 4.90 Å². The van der Waals surface area contributed by atoms with Crippen molar-refractivity contribution in [2.24, 2.45) is 0 Å². The Kier molecular flexibility index (Phi) is 10.7. The van der Waals surface area contributed by atoms with Crippen LogP contribution in [0.5, 0.6) is 0 Å². The Bertz CT molecular complexity index is 381. The van der Waals surface area contributed by atoms with Gasteiger partial charge in [-0.2, -0.15) is 22.8 Å². The summed E-state index contributed by atoms with van der Waals surface area (Å²) in [5.41, 5.74) is 4.78. The van der Waals surface area contributed by atoms with E-state index in [4.69, 9.17) is 0 Å². The van der Waals surface area contributed by atoms with Crippen LogP contribution in [-0.4, -0.2) is 25.5 Å². The zero-order chi connectivity index (χ0) is 15.1. The number of hydrogen-bond acceptors (Lipinski definition) is 1. The van der Waals surface area contributed by atoms with Crippen molar-refractivity contribution in [3.63, 3.8) is 0 Å². The van der Waals surface area contributed by atoms with Crippen molar-refractivity contribution in [2.75, 3.05) is 20.6 Å². The van der Waals surface area contributed by atoms with Crippen molar-refractivity contribution in [2.45, 2.75) is 71.6 Å². The van der Waals surface area contributed by atoms with E-state index in [0.717, 1.165) is 6.54 Å². The molecule has 0 aliphatic rings. The van der Waals surface area contributed by atoms with Gasteiger partial charge in [0.15, 0.2) is 0 Å². The molecule has 2 unspecified atom stereocenters. The van der Waals surface area contributed by atoms with Gasteiger partial charge in [0.25, 0.3) is 0 Å². The molecule has 1 nitrogen and oxygen atoms in total. The Hall–Kier alpha value is 0.0243. The van der Waals surface area contributed by atoms with Crippen LogP contribution in [0.25, 0.3) is 0 Å². The molecule has 21 heavy (non-hydrogen) atoms. The fourth-order valence-corrected chi connectivity index (χ4v) is 3.09. The Morgan fingerprint density at radius 1 is 1.05 bits per heavy atom.